The molecular weight excluding hydrogens is 484 g/mol. The van der Waals surface area contributed by atoms with Gasteiger partial charge < -0.3 is 15.4 Å². The van der Waals surface area contributed by atoms with Crippen LogP contribution in [0, 0.1) is 0 Å². The number of nitrogens with zero attached hydrogens (tertiary/aromatic N) is 5. The SMILES string of the molecule is CS(=O)(=O)N1CCN(Cc2cc3c(N4CC5CCC(C4)O5)nc(-c4ccc(N)cc4)nc3s2)CC1. The number of aromatic nitrogens is 2. The second-order valence-electron chi connectivity index (χ2n) is 9.72. The van der Waals surface area contributed by atoms with Crippen molar-refractivity contribution in [3.8, 4) is 11.4 Å². The number of hydrogen-bond donors (Lipinski definition) is 1. The van der Waals surface area contributed by atoms with Crippen molar-refractivity contribution in [1.29, 1.82) is 0 Å². The maximum absolute atomic E-state index is 11.8. The quantitative estimate of drug-likeness (QED) is 0.518. The van der Waals surface area contributed by atoms with Gasteiger partial charge in [-0.05, 0) is 43.2 Å². The molecule has 6 rings (SSSR count). The molecule has 3 aliphatic heterocycles. The van der Waals surface area contributed by atoms with Crippen LogP contribution in [0.4, 0.5) is 11.5 Å². The number of nitrogen functional groups attached to an aromatic ring is 1. The monoisotopic (exact) mass is 514 g/mol. The number of fused-ring (bicyclic) bond motifs is 3. The molecule has 5 heterocycles. The fraction of sp³-hybridized carbons (Fsp3) is 0.500. The van der Waals surface area contributed by atoms with Gasteiger partial charge in [-0.1, -0.05) is 0 Å². The van der Waals surface area contributed by atoms with Gasteiger partial charge in [0, 0.05) is 61.9 Å². The summed E-state index contributed by atoms with van der Waals surface area (Å²) in [4.78, 5) is 16.9. The molecule has 0 amide bonds. The summed E-state index contributed by atoms with van der Waals surface area (Å²) < 4.78 is 31.3. The number of hydrogen-bond acceptors (Lipinski definition) is 9. The Morgan fingerprint density at radius 1 is 1.06 bits per heavy atom. The van der Waals surface area contributed by atoms with E-state index >= 15 is 0 Å². The van der Waals surface area contributed by atoms with Crippen LogP contribution in [0.1, 0.15) is 17.7 Å². The second-order valence-corrected chi connectivity index (χ2v) is 12.8. The number of anilines is 2. The highest BCUT2D eigenvalue weighted by Gasteiger charge is 2.35. The van der Waals surface area contributed by atoms with Gasteiger partial charge in [0.15, 0.2) is 5.82 Å². The highest BCUT2D eigenvalue weighted by Crippen LogP contribution is 2.37. The topological polar surface area (TPSA) is 105 Å². The van der Waals surface area contributed by atoms with Crippen molar-refractivity contribution in [2.75, 3.05) is 56.2 Å². The Balaban J connectivity index is 1.32. The largest absolute Gasteiger partial charge is 0.399 e. The normalized spacial score (nSPS) is 23.9. The minimum atomic E-state index is -3.13. The fourth-order valence-electron chi connectivity index (χ4n) is 5.26. The van der Waals surface area contributed by atoms with E-state index in [1.54, 1.807) is 15.6 Å². The molecular formula is C24H30N6O3S2. The highest BCUT2D eigenvalue weighted by molar-refractivity contribution is 7.88. The summed E-state index contributed by atoms with van der Waals surface area (Å²) in [6.07, 6.45) is 4.03. The Morgan fingerprint density at radius 3 is 2.40 bits per heavy atom. The third kappa shape index (κ3) is 4.75. The molecule has 0 aliphatic carbocycles. The van der Waals surface area contributed by atoms with Gasteiger partial charge in [-0.15, -0.1) is 11.3 Å². The Kier molecular flexibility index (Phi) is 5.92. The lowest BCUT2D eigenvalue weighted by Gasteiger charge is -2.33. The molecule has 3 fully saturated rings. The lowest BCUT2D eigenvalue weighted by atomic mass is 10.2. The molecule has 2 N–H and O–H groups in total. The van der Waals surface area contributed by atoms with Gasteiger partial charge in [0.25, 0.3) is 0 Å². The standard InChI is InChI=1S/C24H30N6O3S2/c1-35(31,32)30-10-8-28(9-11-30)15-20-12-21-23(29-13-18-6-7-19(14-29)33-18)26-22(27-24(21)34-20)16-2-4-17(25)5-3-16/h2-5,12,18-19H,6-11,13-15,25H2,1H3. The van der Waals surface area contributed by atoms with Crippen LogP contribution < -0.4 is 10.6 Å². The Bertz CT molecular complexity index is 1320. The number of piperazine rings is 1. The van der Waals surface area contributed by atoms with Crippen LogP contribution in [0.3, 0.4) is 0 Å². The van der Waals surface area contributed by atoms with Crippen LogP contribution in [0.2, 0.25) is 0 Å². The fourth-order valence-corrected chi connectivity index (χ4v) is 7.16. The van der Waals surface area contributed by atoms with Crippen molar-refractivity contribution in [1.82, 2.24) is 19.2 Å². The highest BCUT2D eigenvalue weighted by atomic mass is 32.2. The van der Waals surface area contributed by atoms with Gasteiger partial charge in [-0.2, -0.15) is 4.31 Å². The van der Waals surface area contributed by atoms with E-state index in [1.807, 2.05) is 24.3 Å². The maximum atomic E-state index is 11.8. The summed E-state index contributed by atoms with van der Waals surface area (Å²) >= 11 is 1.70. The van der Waals surface area contributed by atoms with Crippen LogP contribution in [-0.2, 0) is 21.3 Å². The zero-order valence-electron chi connectivity index (χ0n) is 19.8. The number of benzene rings is 1. The molecule has 11 heteroatoms. The van der Waals surface area contributed by atoms with Crippen molar-refractivity contribution in [3.63, 3.8) is 0 Å². The summed E-state index contributed by atoms with van der Waals surface area (Å²) in [5.41, 5.74) is 7.57. The summed E-state index contributed by atoms with van der Waals surface area (Å²) in [5.74, 6) is 1.69. The van der Waals surface area contributed by atoms with E-state index in [0.717, 1.165) is 67.2 Å². The summed E-state index contributed by atoms with van der Waals surface area (Å²) in [6.45, 7) is 5.00. The van der Waals surface area contributed by atoms with E-state index in [1.165, 1.54) is 11.1 Å². The van der Waals surface area contributed by atoms with Gasteiger partial charge in [0.05, 0.1) is 23.8 Å². The molecule has 2 bridgehead atoms. The lowest BCUT2D eigenvalue weighted by Crippen LogP contribution is -2.47. The van der Waals surface area contributed by atoms with Crippen molar-refractivity contribution >= 4 is 43.1 Å². The molecule has 2 aromatic heterocycles. The first-order valence-electron chi connectivity index (χ1n) is 12.1. The maximum Gasteiger partial charge on any atom is 0.211 e. The molecule has 3 aromatic rings. The Labute approximate surface area is 209 Å². The molecule has 9 nitrogen and oxygen atoms in total. The first-order valence-corrected chi connectivity index (χ1v) is 14.7. The second kappa shape index (κ2) is 8.97. The van der Waals surface area contributed by atoms with Gasteiger partial charge in [0.2, 0.25) is 10.0 Å². The van der Waals surface area contributed by atoms with Crippen LogP contribution in [-0.4, -0.2) is 85.3 Å². The van der Waals surface area contributed by atoms with Gasteiger partial charge >= 0.3 is 0 Å². The van der Waals surface area contributed by atoms with E-state index in [0.29, 0.717) is 24.6 Å². The summed E-state index contributed by atoms with van der Waals surface area (Å²) in [7, 11) is -3.13. The average Bonchev–Trinajstić information content (AvgIpc) is 3.39. The molecule has 0 saturated carbocycles. The number of sulfonamides is 1. The molecule has 3 aliphatic rings. The summed E-state index contributed by atoms with van der Waals surface area (Å²) in [6, 6.07) is 9.93. The number of ether oxygens (including phenoxy) is 1. The molecule has 2 atom stereocenters. The Morgan fingerprint density at radius 2 is 1.74 bits per heavy atom. The van der Waals surface area contributed by atoms with E-state index in [2.05, 4.69) is 15.9 Å². The number of thiophene rings is 1. The molecule has 186 valence electrons. The smallest absolute Gasteiger partial charge is 0.211 e. The van der Waals surface area contributed by atoms with Crippen LogP contribution in [0.5, 0.6) is 0 Å². The Hall–Kier alpha value is -2.31. The lowest BCUT2D eigenvalue weighted by molar-refractivity contribution is 0.0303. The first-order chi connectivity index (χ1) is 16.8. The van der Waals surface area contributed by atoms with Gasteiger partial charge in [0.1, 0.15) is 10.6 Å². The number of nitrogens with two attached hydrogens (primary N) is 1. The van der Waals surface area contributed by atoms with Gasteiger partial charge in [-0.3, -0.25) is 4.90 Å². The molecule has 1 aromatic carbocycles. The third-order valence-corrected chi connectivity index (χ3v) is 9.43. The van der Waals surface area contributed by atoms with Crippen molar-refractivity contribution in [2.45, 2.75) is 31.6 Å². The number of rotatable bonds is 5. The molecule has 0 spiro atoms. The minimum Gasteiger partial charge on any atom is -0.399 e. The van der Waals surface area contributed by atoms with E-state index in [4.69, 9.17) is 20.4 Å². The summed E-state index contributed by atoms with van der Waals surface area (Å²) in [5, 5.41) is 1.08. The average molecular weight is 515 g/mol. The van der Waals surface area contributed by atoms with Crippen molar-refractivity contribution in [3.05, 3.63) is 35.2 Å². The molecule has 3 saturated heterocycles. The zero-order chi connectivity index (χ0) is 24.2. The molecule has 0 radical (unpaired) electrons. The van der Waals surface area contributed by atoms with Crippen molar-refractivity contribution in [2.24, 2.45) is 0 Å². The molecule has 2 unspecified atom stereocenters. The predicted octanol–water partition coefficient (Wildman–Crippen LogP) is 2.39. The van der Waals surface area contributed by atoms with Crippen LogP contribution in [0.15, 0.2) is 30.3 Å². The van der Waals surface area contributed by atoms with E-state index < -0.39 is 10.0 Å². The van der Waals surface area contributed by atoms with Crippen LogP contribution in [0.25, 0.3) is 21.6 Å². The predicted molar refractivity (Wildman–Crippen MR) is 139 cm³/mol. The first kappa shape index (κ1) is 23.1. The minimum absolute atomic E-state index is 0.267. The number of morpholine rings is 1. The van der Waals surface area contributed by atoms with Crippen molar-refractivity contribution < 1.29 is 13.2 Å². The zero-order valence-corrected chi connectivity index (χ0v) is 21.4. The van der Waals surface area contributed by atoms with Gasteiger partial charge in [-0.25, -0.2) is 18.4 Å². The van der Waals surface area contributed by atoms with E-state index in [-0.39, 0.29) is 12.2 Å². The van der Waals surface area contributed by atoms with Crippen LogP contribution >= 0.6 is 11.3 Å². The van der Waals surface area contributed by atoms with E-state index in [9.17, 15) is 8.42 Å². The third-order valence-electron chi connectivity index (χ3n) is 7.12. The molecule has 35 heavy (non-hydrogen) atoms.